The van der Waals surface area contributed by atoms with E-state index in [1.165, 1.54) is 24.6 Å². The first-order valence-electron chi connectivity index (χ1n) is 8.78. The quantitative estimate of drug-likeness (QED) is 0.597. The molecule has 1 aromatic heterocycles. The fourth-order valence-corrected chi connectivity index (χ4v) is 4.61. The second kappa shape index (κ2) is 8.20. The van der Waals surface area contributed by atoms with E-state index in [9.17, 15) is 13.2 Å². The SMILES string of the molecule is COc1ccc(S(=O)(=O)Nc2nc(C(=O)Nc3ccc4c(c3)OCCO4)cs2)cc1. The number of benzene rings is 2. The molecule has 4 rings (SSSR count). The van der Waals surface area contributed by atoms with Crippen LogP contribution in [-0.4, -0.2) is 39.6 Å². The highest BCUT2D eigenvalue weighted by Crippen LogP contribution is 2.32. The lowest BCUT2D eigenvalue weighted by Gasteiger charge is -2.18. The molecule has 0 atom stereocenters. The number of hydrogen-bond acceptors (Lipinski definition) is 8. The maximum absolute atomic E-state index is 12.5. The molecule has 2 N–H and O–H groups in total. The average molecular weight is 447 g/mol. The summed E-state index contributed by atoms with van der Waals surface area (Å²) in [6, 6.07) is 11.0. The predicted molar refractivity (Wildman–Crippen MR) is 111 cm³/mol. The van der Waals surface area contributed by atoms with Gasteiger partial charge in [-0.1, -0.05) is 0 Å². The second-order valence-electron chi connectivity index (χ2n) is 6.13. The molecule has 0 unspecified atom stereocenters. The van der Waals surface area contributed by atoms with Crippen LogP contribution in [0.4, 0.5) is 10.8 Å². The van der Waals surface area contributed by atoms with E-state index in [0.29, 0.717) is 36.1 Å². The van der Waals surface area contributed by atoms with Crippen LogP contribution in [0, 0.1) is 0 Å². The topological polar surface area (TPSA) is 116 Å². The van der Waals surface area contributed by atoms with Crippen molar-refractivity contribution in [1.82, 2.24) is 4.98 Å². The molecule has 2 heterocycles. The van der Waals surface area contributed by atoms with Crippen LogP contribution in [0.3, 0.4) is 0 Å². The summed E-state index contributed by atoms with van der Waals surface area (Å²) in [5.41, 5.74) is 0.597. The first-order chi connectivity index (χ1) is 14.4. The van der Waals surface area contributed by atoms with Gasteiger partial charge in [0.25, 0.3) is 15.9 Å². The van der Waals surface area contributed by atoms with Gasteiger partial charge in [0, 0.05) is 17.1 Å². The number of sulfonamides is 1. The predicted octanol–water partition coefficient (Wildman–Crippen LogP) is 2.98. The van der Waals surface area contributed by atoms with Crippen molar-refractivity contribution in [2.75, 3.05) is 30.4 Å². The molecular formula is C19H17N3O6S2. The largest absolute Gasteiger partial charge is 0.497 e. The van der Waals surface area contributed by atoms with Gasteiger partial charge in [-0.15, -0.1) is 11.3 Å². The summed E-state index contributed by atoms with van der Waals surface area (Å²) in [5.74, 6) is 1.23. The van der Waals surface area contributed by atoms with Crippen molar-refractivity contribution in [2.45, 2.75) is 4.90 Å². The van der Waals surface area contributed by atoms with Gasteiger partial charge in [0.05, 0.1) is 12.0 Å². The Hall–Kier alpha value is -3.31. The highest BCUT2D eigenvalue weighted by Gasteiger charge is 2.19. The van der Waals surface area contributed by atoms with E-state index in [-0.39, 0.29) is 15.7 Å². The Bertz CT molecular complexity index is 1180. The van der Waals surface area contributed by atoms with Crippen molar-refractivity contribution < 1.29 is 27.4 Å². The highest BCUT2D eigenvalue weighted by molar-refractivity contribution is 7.93. The minimum Gasteiger partial charge on any atom is -0.497 e. The van der Waals surface area contributed by atoms with E-state index >= 15 is 0 Å². The normalized spacial score (nSPS) is 12.8. The Morgan fingerprint density at radius 2 is 1.83 bits per heavy atom. The smallest absolute Gasteiger partial charge is 0.275 e. The third-order valence-corrected chi connectivity index (χ3v) is 6.37. The van der Waals surface area contributed by atoms with Crippen molar-refractivity contribution in [3.63, 3.8) is 0 Å². The van der Waals surface area contributed by atoms with E-state index in [1.54, 1.807) is 30.3 Å². The van der Waals surface area contributed by atoms with E-state index in [4.69, 9.17) is 14.2 Å². The molecule has 1 aliphatic heterocycles. The monoisotopic (exact) mass is 447 g/mol. The Balaban J connectivity index is 1.44. The third-order valence-electron chi connectivity index (χ3n) is 4.13. The summed E-state index contributed by atoms with van der Waals surface area (Å²) >= 11 is 1.01. The molecule has 0 bridgehead atoms. The molecule has 9 nitrogen and oxygen atoms in total. The summed E-state index contributed by atoms with van der Waals surface area (Å²) in [6.45, 7) is 0.918. The zero-order chi connectivity index (χ0) is 21.1. The van der Waals surface area contributed by atoms with Crippen molar-refractivity contribution in [3.05, 3.63) is 53.5 Å². The number of amides is 1. The van der Waals surface area contributed by atoms with Crippen molar-refractivity contribution in [2.24, 2.45) is 0 Å². The van der Waals surface area contributed by atoms with Gasteiger partial charge in [-0.25, -0.2) is 13.4 Å². The molecule has 0 saturated heterocycles. The number of aromatic nitrogens is 1. The molecule has 30 heavy (non-hydrogen) atoms. The maximum Gasteiger partial charge on any atom is 0.275 e. The number of ether oxygens (including phenoxy) is 3. The lowest BCUT2D eigenvalue weighted by atomic mass is 10.2. The number of anilines is 2. The van der Waals surface area contributed by atoms with Crippen molar-refractivity contribution in [1.29, 1.82) is 0 Å². The van der Waals surface area contributed by atoms with Gasteiger partial charge in [0.15, 0.2) is 16.6 Å². The standard InChI is InChI=1S/C19H17N3O6S2/c1-26-13-3-5-14(6-4-13)30(24,25)22-19-21-15(11-29-19)18(23)20-12-2-7-16-17(10-12)28-9-8-27-16/h2-7,10-11H,8-9H2,1H3,(H,20,23)(H,21,22). The summed E-state index contributed by atoms with van der Waals surface area (Å²) in [6.07, 6.45) is 0. The number of hydrogen-bond donors (Lipinski definition) is 2. The average Bonchev–Trinajstić information content (AvgIpc) is 3.21. The first kappa shape index (κ1) is 20.0. The summed E-state index contributed by atoms with van der Waals surface area (Å²) in [4.78, 5) is 16.6. The molecule has 2 aromatic carbocycles. The van der Waals surface area contributed by atoms with Gasteiger partial charge in [-0.2, -0.15) is 0 Å². The first-order valence-corrected chi connectivity index (χ1v) is 11.1. The van der Waals surface area contributed by atoms with Gasteiger partial charge < -0.3 is 19.5 Å². The van der Waals surface area contributed by atoms with E-state index in [0.717, 1.165) is 11.3 Å². The molecule has 0 fully saturated rings. The van der Waals surface area contributed by atoms with Crippen LogP contribution >= 0.6 is 11.3 Å². The Morgan fingerprint density at radius 3 is 2.57 bits per heavy atom. The van der Waals surface area contributed by atoms with Gasteiger partial charge >= 0.3 is 0 Å². The molecule has 11 heteroatoms. The number of thiazole rings is 1. The minimum absolute atomic E-state index is 0.0563. The second-order valence-corrected chi connectivity index (χ2v) is 8.67. The zero-order valence-electron chi connectivity index (χ0n) is 15.7. The van der Waals surface area contributed by atoms with Gasteiger partial charge in [0.2, 0.25) is 0 Å². The highest BCUT2D eigenvalue weighted by atomic mass is 32.2. The Kier molecular flexibility index (Phi) is 5.46. The number of fused-ring (bicyclic) bond motifs is 1. The minimum atomic E-state index is -3.84. The van der Waals surface area contributed by atoms with Crippen LogP contribution in [0.15, 0.2) is 52.7 Å². The Morgan fingerprint density at radius 1 is 1.10 bits per heavy atom. The van der Waals surface area contributed by atoms with Crippen molar-refractivity contribution >= 4 is 38.1 Å². The van der Waals surface area contributed by atoms with E-state index in [1.807, 2.05) is 0 Å². The molecule has 0 radical (unpaired) electrons. The summed E-state index contributed by atoms with van der Waals surface area (Å²) in [7, 11) is -2.34. The molecule has 0 spiro atoms. The molecule has 1 amide bonds. The zero-order valence-corrected chi connectivity index (χ0v) is 17.4. The summed E-state index contributed by atoms with van der Waals surface area (Å²) in [5, 5.41) is 4.26. The van der Waals surface area contributed by atoms with Crippen LogP contribution in [0.5, 0.6) is 17.2 Å². The maximum atomic E-state index is 12.5. The molecule has 156 valence electrons. The summed E-state index contributed by atoms with van der Waals surface area (Å²) < 4.78 is 43.3. The number of carbonyl (C=O) groups is 1. The lowest BCUT2D eigenvalue weighted by molar-refractivity contribution is 0.102. The van der Waals surface area contributed by atoms with Gasteiger partial charge in [0.1, 0.15) is 24.7 Å². The molecule has 1 aliphatic rings. The van der Waals surface area contributed by atoms with E-state index in [2.05, 4.69) is 15.0 Å². The molecule has 0 aliphatic carbocycles. The van der Waals surface area contributed by atoms with Crippen LogP contribution in [0.1, 0.15) is 10.5 Å². The van der Waals surface area contributed by atoms with Crippen LogP contribution < -0.4 is 24.2 Å². The number of rotatable bonds is 6. The number of methoxy groups -OCH3 is 1. The molecule has 3 aromatic rings. The van der Waals surface area contributed by atoms with Crippen LogP contribution in [-0.2, 0) is 10.0 Å². The number of nitrogens with one attached hydrogen (secondary N) is 2. The van der Waals surface area contributed by atoms with Crippen molar-refractivity contribution in [3.8, 4) is 17.2 Å². The fraction of sp³-hybridized carbons (Fsp3) is 0.158. The number of nitrogens with zero attached hydrogens (tertiary/aromatic N) is 1. The van der Waals surface area contributed by atoms with Gasteiger partial charge in [-0.3, -0.25) is 9.52 Å². The van der Waals surface area contributed by atoms with Crippen LogP contribution in [0.25, 0.3) is 0 Å². The molecular weight excluding hydrogens is 430 g/mol. The third kappa shape index (κ3) is 4.31. The molecule has 0 saturated carbocycles. The van der Waals surface area contributed by atoms with Crippen LogP contribution in [0.2, 0.25) is 0 Å². The fourth-order valence-electron chi connectivity index (χ4n) is 2.67. The lowest BCUT2D eigenvalue weighted by Crippen LogP contribution is -2.17. The van der Waals surface area contributed by atoms with E-state index < -0.39 is 15.9 Å². The number of carbonyl (C=O) groups excluding carboxylic acids is 1. The Labute approximate surface area is 176 Å². The van der Waals surface area contributed by atoms with Gasteiger partial charge in [-0.05, 0) is 36.4 Å².